The van der Waals surface area contributed by atoms with Crippen LogP contribution in [0.5, 0.6) is 57.5 Å². The van der Waals surface area contributed by atoms with Gasteiger partial charge in [-0.3, -0.25) is 0 Å². The summed E-state index contributed by atoms with van der Waals surface area (Å²) in [6.45, 7) is 16.5. The number of benzene rings is 5. The highest BCUT2D eigenvalue weighted by Gasteiger charge is 2.27. The highest BCUT2D eigenvalue weighted by Crippen LogP contribution is 2.49. The molecule has 0 aromatic heterocycles. The molecule has 0 saturated carbocycles. The number of alkyl halides is 5. The topological polar surface area (TPSA) is 92.3 Å². The van der Waals surface area contributed by atoms with Crippen LogP contribution in [-0.4, -0.2) is 92.7 Å². The quantitative estimate of drug-likeness (QED) is 0.0272. The van der Waals surface area contributed by atoms with Gasteiger partial charge < -0.3 is 47.4 Å². The van der Waals surface area contributed by atoms with Gasteiger partial charge in [0.05, 0.1) is 66.1 Å². The van der Waals surface area contributed by atoms with Gasteiger partial charge in [-0.25, -0.2) is 0 Å². The van der Waals surface area contributed by atoms with E-state index in [4.69, 9.17) is 47.4 Å². The lowest BCUT2D eigenvalue weighted by Gasteiger charge is -2.23. The first kappa shape index (κ1) is 83.4. The molecular formula is C83H121Br5O10. The van der Waals surface area contributed by atoms with Crippen LogP contribution in [0.2, 0.25) is 0 Å². The zero-order valence-corrected chi connectivity index (χ0v) is 68.6. The van der Waals surface area contributed by atoms with Crippen LogP contribution in [0.15, 0.2) is 60.7 Å². The molecule has 0 N–H and O–H groups in total. The molecule has 10 aliphatic carbocycles. The Bertz CT molecular complexity index is 2970. The van der Waals surface area contributed by atoms with E-state index >= 15 is 0 Å². The van der Waals surface area contributed by atoms with Gasteiger partial charge in [-0.2, -0.15) is 0 Å². The molecule has 0 radical (unpaired) electrons. The number of hydrogen-bond acceptors (Lipinski definition) is 10. The van der Waals surface area contributed by atoms with Crippen LogP contribution in [0.3, 0.4) is 0 Å². The van der Waals surface area contributed by atoms with Gasteiger partial charge in [0.25, 0.3) is 0 Å². The van der Waals surface area contributed by atoms with Crippen LogP contribution >= 0.6 is 79.6 Å². The Kier molecular flexibility index (Phi) is 43.9. The Balaban J connectivity index is 1.74. The Morgan fingerprint density at radius 1 is 0.194 bits per heavy atom. The molecule has 15 rings (SSSR count). The van der Waals surface area contributed by atoms with E-state index in [0.29, 0.717) is 112 Å². The Morgan fingerprint density at radius 3 is 0.551 bits per heavy atom. The number of ether oxygens (including phenoxy) is 10. The van der Waals surface area contributed by atoms with Gasteiger partial charge in [-0.05, 0) is 92.8 Å². The minimum Gasteiger partial charge on any atom is -0.493 e. The van der Waals surface area contributed by atoms with Crippen molar-refractivity contribution in [2.75, 3.05) is 92.7 Å². The Labute approximate surface area is 634 Å². The van der Waals surface area contributed by atoms with E-state index < -0.39 is 0 Å². The number of rotatable bonds is 55. The predicted octanol–water partition coefficient (Wildman–Crippen LogP) is 25.7. The molecule has 0 spiro atoms. The van der Waals surface area contributed by atoms with Crippen molar-refractivity contribution in [3.63, 3.8) is 0 Å². The third-order valence-corrected chi connectivity index (χ3v) is 19.7. The predicted molar refractivity (Wildman–Crippen MR) is 429 cm³/mol. The lowest BCUT2D eigenvalue weighted by Crippen LogP contribution is -2.09. The van der Waals surface area contributed by atoms with Gasteiger partial charge in [0.2, 0.25) is 0 Å². The second-order valence-corrected chi connectivity index (χ2v) is 30.2. The molecule has 15 heteroatoms. The van der Waals surface area contributed by atoms with Gasteiger partial charge in [-0.1, -0.05) is 275 Å². The first-order chi connectivity index (χ1) is 48.3. The normalized spacial score (nSPS) is 11.9. The Hall–Kier alpha value is -3.50. The van der Waals surface area contributed by atoms with Gasteiger partial charge in [0.15, 0.2) is 0 Å². The summed E-state index contributed by atoms with van der Waals surface area (Å²) >= 11 is 18.7. The fourth-order valence-electron chi connectivity index (χ4n) is 12.7. The summed E-state index contributed by atoms with van der Waals surface area (Å²) in [5, 5.41) is 3.24. The summed E-state index contributed by atoms with van der Waals surface area (Å²) in [7, 11) is 0. The summed E-state index contributed by atoms with van der Waals surface area (Å²) in [6, 6.07) is 22.1. The molecule has 0 heterocycles. The lowest BCUT2D eigenvalue weighted by molar-refractivity contribution is 0.296. The molecule has 10 aliphatic rings. The SMILES string of the molecule is CCCCCCCCOc1cc2c(OCCBr)cc1Cc1cc(OCCCCCCCC)c(cc1OCCBr)-c1cc(OCCBr)c(cc1OCCCCCCCC)Cc1cc(OCCCCCCCC)c(cc1OCCBr)-c1cc(OCCCCCCCC)c(cc1OCCBr)C2. The zero-order chi connectivity index (χ0) is 69.6. The average Bonchev–Trinajstić information content (AvgIpc) is 0.958. The van der Waals surface area contributed by atoms with Crippen molar-refractivity contribution in [3.8, 4) is 79.7 Å². The fraction of sp³-hybridized carbons (Fsp3) is 0.639. The van der Waals surface area contributed by atoms with E-state index in [1.54, 1.807) is 0 Å². The molecule has 0 unspecified atom stereocenters. The third-order valence-electron chi connectivity index (χ3n) is 18.1. The van der Waals surface area contributed by atoms with Gasteiger partial charge in [0, 0.05) is 102 Å². The summed E-state index contributed by atoms with van der Waals surface area (Å²) in [4.78, 5) is 0. The second-order valence-electron chi connectivity index (χ2n) is 26.2. The maximum atomic E-state index is 7.19. The van der Waals surface area contributed by atoms with Crippen molar-refractivity contribution < 1.29 is 47.4 Å². The molecular weight excluding hydrogens is 1560 g/mol. The summed E-state index contributed by atoms with van der Waals surface area (Å²) in [5.74, 6) is 7.68. The molecule has 0 aliphatic heterocycles. The van der Waals surface area contributed by atoms with E-state index in [2.05, 4.69) is 175 Å². The van der Waals surface area contributed by atoms with E-state index in [1.807, 2.05) is 0 Å². The minimum atomic E-state index is 0.443. The summed E-state index contributed by atoms with van der Waals surface area (Å²) in [6.07, 6.45) is 36.0. The monoisotopic (exact) mass is 1670 g/mol. The highest BCUT2D eigenvalue weighted by atomic mass is 79.9. The number of unbranched alkanes of at least 4 members (excludes halogenated alkanes) is 25. The van der Waals surface area contributed by atoms with E-state index in [9.17, 15) is 0 Å². The standard InChI is InChI=1S/C83H121Br5O10/c1-6-11-16-21-26-31-41-89-74-54-65-52-66-59-83(98-50-40-88)73(60-76(66)90-42-32-27-22-17-12-7-2)72-63-79(97-49-39-87)69(58-82(72)93-45-35-30-25-20-15-10-5)53-68-57-81(92-44-34-29-24-19-14-9-4)71(62-78(68)96-48-38-86)70-61-77(95-47-37-85)67(51-64(74)55-75(65)94-46-36-84)56-80(70)91-43-33-28-23-18-13-8-3/h54-63H,6-53H2,1-5H3. The van der Waals surface area contributed by atoms with Crippen molar-refractivity contribution >= 4 is 79.6 Å². The van der Waals surface area contributed by atoms with Crippen LogP contribution in [0, 0.1) is 0 Å². The van der Waals surface area contributed by atoms with E-state index in [-0.39, 0.29) is 0 Å². The molecule has 0 saturated heterocycles. The molecule has 10 nitrogen and oxygen atoms in total. The summed E-state index contributed by atoms with van der Waals surface area (Å²) < 4.78 is 70.5. The summed E-state index contributed by atoms with van der Waals surface area (Å²) in [5.41, 5.74) is 9.44. The van der Waals surface area contributed by atoms with Crippen LogP contribution in [0.1, 0.15) is 261 Å². The minimum absolute atomic E-state index is 0.443. The molecule has 98 heavy (non-hydrogen) atoms. The fourth-order valence-corrected chi connectivity index (χ4v) is 13.5. The smallest absolute Gasteiger partial charge is 0.127 e. The maximum Gasteiger partial charge on any atom is 0.127 e. The number of hydrogen-bond donors (Lipinski definition) is 0. The van der Waals surface area contributed by atoms with Crippen LogP contribution < -0.4 is 47.4 Å². The first-order valence-corrected chi connectivity index (χ1v) is 43.8. The first-order valence-electron chi connectivity index (χ1n) is 38.2. The molecule has 5 aromatic rings. The van der Waals surface area contributed by atoms with Gasteiger partial charge in [-0.15, -0.1) is 0 Å². The van der Waals surface area contributed by atoms with Gasteiger partial charge >= 0.3 is 0 Å². The van der Waals surface area contributed by atoms with Crippen molar-refractivity contribution in [2.45, 2.75) is 247 Å². The molecule has 0 atom stereocenters. The molecule has 0 amide bonds. The lowest BCUT2D eigenvalue weighted by atomic mass is 9.93. The zero-order valence-electron chi connectivity index (χ0n) is 60.7. The number of halogens is 5. The van der Waals surface area contributed by atoms with Crippen molar-refractivity contribution in [3.05, 3.63) is 94.0 Å². The third kappa shape index (κ3) is 29.7. The molecule has 10 bridgehead atoms. The van der Waals surface area contributed by atoms with Crippen molar-refractivity contribution in [1.82, 2.24) is 0 Å². The largest absolute Gasteiger partial charge is 0.493 e. The van der Waals surface area contributed by atoms with Crippen LogP contribution in [0.4, 0.5) is 0 Å². The molecule has 548 valence electrons. The molecule has 5 aromatic carbocycles. The van der Waals surface area contributed by atoms with E-state index in [1.165, 1.54) is 128 Å². The second kappa shape index (κ2) is 51.6. The maximum absolute atomic E-state index is 7.19. The molecule has 0 fully saturated rings. The van der Waals surface area contributed by atoms with E-state index in [0.717, 1.165) is 177 Å². The Morgan fingerprint density at radius 2 is 0.347 bits per heavy atom. The van der Waals surface area contributed by atoms with Gasteiger partial charge in [0.1, 0.15) is 57.5 Å². The van der Waals surface area contributed by atoms with Crippen LogP contribution in [-0.2, 0) is 19.3 Å². The highest BCUT2D eigenvalue weighted by molar-refractivity contribution is 9.09. The van der Waals surface area contributed by atoms with Crippen molar-refractivity contribution in [2.24, 2.45) is 0 Å². The van der Waals surface area contributed by atoms with Crippen LogP contribution in [0.25, 0.3) is 22.3 Å². The van der Waals surface area contributed by atoms with Crippen molar-refractivity contribution in [1.29, 1.82) is 0 Å². The average molecular weight is 1680 g/mol.